The average molecular weight is 374 g/mol. The van der Waals surface area contributed by atoms with Gasteiger partial charge in [-0.2, -0.15) is 0 Å². The Labute approximate surface area is 158 Å². The third kappa shape index (κ3) is 2.88. The standard InChI is InChI=1S/C20H23ClN2O3/c1-12-2-5-15(21)11-16(12)22-6-8-23(9-7-22)19(24)17-13-3-4-14(10-13)18(17)20(25)26/h2-5,11,13-14,17-18H,6-10H2,1H3,(H,25,26)/p-1/t13-,14+,17-,18+/m1/s1. The summed E-state index contributed by atoms with van der Waals surface area (Å²) >= 11 is 6.12. The molecule has 5 nitrogen and oxygen atoms in total. The first-order valence-electron chi connectivity index (χ1n) is 9.15. The molecule has 4 rings (SSSR count). The van der Waals surface area contributed by atoms with E-state index < -0.39 is 17.8 Å². The molecule has 1 aliphatic heterocycles. The summed E-state index contributed by atoms with van der Waals surface area (Å²) in [6.45, 7) is 4.69. The molecule has 0 N–H and O–H groups in total. The van der Waals surface area contributed by atoms with Gasteiger partial charge in [-0.3, -0.25) is 4.79 Å². The van der Waals surface area contributed by atoms with Crippen LogP contribution in [0.3, 0.4) is 0 Å². The molecule has 0 aromatic heterocycles. The molecule has 0 spiro atoms. The van der Waals surface area contributed by atoms with E-state index in [1.165, 1.54) is 0 Å². The summed E-state index contributed by atoms with van der Waals surface area (Å²) in [5.41, 5.74) is 2.25. The van der Waals surface area contributed by atoms with Gasteiger partial charge in [-0.05, 0) is 42.9 Å². The number of aliphatic carboxylic acids is 1. The Morgan fingerprint density at radius 3 is 2.38 bits per heavy atom. The first-order chi connectivity index (χ1) is 12.5. The number of piperazine rings is 1. The second kappa shape index (κ2) is 6.62. The van der Waals surface area contributed by atoms with Crippen molar-refractivity contribution in [2.75, 3.05) is 31.1 Å². The van der Waals surface area contributed by atoms with E-state index in [4.69, 9.17) is 11.6 Å². The van der Waals surface area contributed by atoms with Gasteiger partial charge in [0.15, 0.2) is 0 Å². The van der Waals surface area contributed by atoms with Crippen LogP contribution >= 0.6 is 11.6 Å². The third-order valence-corrected chi connectivity index (χ3v) is 6.35. The monoisotopic (exact) mass is 373 g/mol. The zero-order valence-electron chi connectivity index (χ0n) is 14.7. The van der Waals surface area contributed by atoms with Crippen molar-refractivity contribution in [2.24, 2.45) is 23.7 Å². The molecule has 1 aromatic rings. The van der Waals surface area contributed by atoms with E-state index in [2.05, 4.69) is 11.8 Å². The van der Waals surface area contributed by atoms with Gasteiger partial charge in [-0.25, -0.2) is 0 Å². The minimum atomic E-state index is -1.09. The van der Waals surface area contributed by atoms with Gasteiger partial charge in [0, 0.05) is 48.8 Å². The summed E-state index contributed by atoms with van der Waals surface area (Å²) in [6, 6.07) is 5.84. The van der Waals surface area contributed by atoms with Crippen LogP contribution in [0.15, 0.2) is 30.4 Å². The van der Waals surface area contributed by atoms with E-state index in [0.29, 0.717) is 18.1 Å². The molecule has 0 unspecified atom stereocenters. The molecule has 1 aromatic carbocycles. The first kappa shape index (κ1) is 17.4. The predicted molar refractivity (Wildman–Crippen MR) is 97.7 cm³/mol. The van der Waals surface area contributed by atoms with Crippen molar-refractivity contribution < 1.29 is 14.7 Å². The Hall–Kier alpha value is -2.01. The summed E-state index contributed by atoms with van der Waals surface area (Å²) < 4.78 is 0. The van der Waals surface area contributed by atoms with Crippen LogP contribution in [0.5, 0.6) is 0 Å². The molecule has 6 heteroatoms. The molecule has 1 amide bonds. The number of amides is 1. The molecule has 1 saturated heterocycles. The summed E-state index contributed by atoms with van der Waals surface area (Å²) in [4.78, 5) is 28.7. The van der Waals surface area contributed by atoms with Crippen LogP contribution in [0.2, 0.25) is 5.02 Å². The number of halogens is 1. The fourth-order valence-corrected chi connectivity index (χ4v) is 4.95. The smallest absolute Gasteiger partial charge is 0.227 e. The lowest BCUT2D eigenvalue weighted by Crippen LogP contribution is -2.53. The number of rotatable bonds is 3. The van der Waals surface area contributed by atoms with Crippen LogP contribution in [0.4, 0.5) is 5.69 Å². The largest absolute Gasteiger partial charge is 0.550 e. The van der Waals surface area contributed by atoms with Crippen LogP contribution in [-0.4, -0.2) is 43.0 Å². The number of allylic oxidation sites excluding steroid dienone is 2. The Balaban J connectivity index is 1.45. The minimum absolute atomic E-state index is 0.0292. The maximum Gasteiger partial charge on any atom is 0.227 e. The van der Waals surface area contributed by atoms with Crippen LogP contribution in [0.25, 0.3) is 0 Å². The highest BCUT2D eigenvalue weighted by molar-refractivity contribution is 6.30. The second-order valence-corrected chi connectivity index (χ2v) is 8.00. The molecule has 2 fully saturated rings. The van der Waals surface area contributed by atoms with Crippen LogP contribution in [0, 0.1) is 30.6 Å². The number of fused-ring (bicyclic) bond motifs is 2. The van der Waals surface area contributed by atoms with Gasteiger partial charge in [0.2, 0.25) is 5.91 Å². The average Bonchev–Trinajstić information content (AvgIpc) is 3.24. The molecule has 1 saturated carbocycles. The zero-order chi connectivity index (χ0) is 18.4. The van der Waals surface area contributed by atoms with Gasteiger partial charge < -0.3 is 19.7 Å². The maximum absolute atomic E-state index is 13.0. The summed E-state index contributed by atoms with van der Waals surface area (Å²) in [7, 11) is 0. The summed E-state index contributed by atoms with van der Waals surface area (Å²) in [5.74, 6) is -2.26. The van der Waals surface area contributed by atoms with Crippen molar-refractivity contribution in [2.45, 2.75) is 13.3 Å². The van der Waals surface area contributed by atoms with Crippen LogP contribution in [-0.2, 0) is 9.59 Å². The molecular formula is C20H22ClN2O3-. The number of hydrogen-bond donors (Lipinski definition) is 0. The fraction of sp³-hybridized carbons (Fsp3) is 0.500. The molecule has 26 heavy (non-hydrogen) atoms. The number of aryl methyl sites for hydroxylation is 1. The first-order valence-corrected chi connectivity index (χ1v) is 9.52. The number of carboxylic acid groups (broad SMARTS) is 1. The van der Waals surface area contributed by atoms with Crippen molar-refractivity contribution in [1.82, 2.24) is 4.90 Å². The highest BCUT2D eigenvalue weighted by Gasteiger charge is 2.50. The number of nitrogens with zero attached hydrogens (tertiary/aromatic N) is 2. The van der Waals surface area contributed by atoms with Crippen molar-refractivity contribution in [3.05, 3.63) is 40.9 Å². The molecule has 4 atom stereocenters. The number of carbonyl (C=O) groups is 2. The van der Waals surface area contributed by atoms with Gasteiger partial charge in [-0.1, -0.05) is 29.8 Å². The van der Waals surface area contributed by atoms with Gasteiger partial charge in [0.25, 0.3) is 0 Å². The normalized spacial score (nSPS) is 30.1. The summed E-state index contributed by atoms with van der Waals surface area (Å²) in [6.07, 6.45) is 4.71. The van der Waals surface area contributed by atoms with E-state index in [1.807, 2.05) is 35.3 Å². The van der Waals surface area contributed by atoms with Crippen molar-refractivity contribution >= 4 is 29.2 Å². The maximum atomic E-state index is 13.0. The van der Waals surface area contributed by atoms with E-state index in [1.54, 1.807) is 0 Å². The van der Waals surface area contributed by atoms with Crippen molar-refractivity contribution in [3.63, 3.8) is 0 Å². The molecule has 0 radical (unpaired) electrons. The number of benzene rings is 1. The van der Waals surface area contributed by atoms with Gasteiger partial charge >= 0.3 is 0 Å². The third-order valence-electron chi connectivity index (χ3n) is 6.12. The highest BCUT2D eigenvalue weighted by atomic mass is 35.5. The zero-order valence-corrected chi connectivity index (χ0v) is 15.5. The number of carboxylic acids is 1. The predicted octanol–water partition coefficient (Wildman–Crippen LogP) is 1.49. The Morgan fingerprint density at radius 2 is 1.73 bits per heavy atom. The molecule has 3 aliphatic rings. The van der Waals surface area contributed by atoms with E-state index >= 15 is 0 Å². The number of anilines is 1. The molecule has 2 aliphatic carbocycles. The van der Waals surface area contributed by atoms with Crippen LogP contribution in [0.1, 0.15) is 12.0 Å². The lowest BCUT2D eigenvalue weighted by molar-refractivity contribution is -0.313. The summed E-state index contributed by atoms with van der Waals surface area (Å²) in [5, 5.41) is 12.3. The second-order valence-electron chi connectivity index (χ2n) is 7.56. The number of hydrogen-bond acceptors (Lipinski definition) is 4. The van der Waals surface area contributed by atoms with Gasteiger partial charge in [-0.15, -0.1) is 0 Å². The fourth-order valence-electron chi connectivity index (χ4n) is 4.78. The Kier molecular flexibility index (Phi) is 4.43. The lowest BCUT2D eigenvalue weighted by Gasteiger charge is -2.39. The van der Waals surface area contributed by atoms with Crippen molar-refractivity contribution in [1.29, 1.82) is 0 Å². The molecular weight excluding hydrogens is 352 g/mol. The highest BCUT2D eigenvalue weighted by Crippen LogP contribution is 2.48. The topological polar surface area (TPSA) is 63.7 Å². The van der Waals surface area contributed by atoms with Gasteiger partial charge in [0.05, 0.1) is 5.92 Å². The quantitative estimate of drug-likeness (QED) is 0.753. The van der Waals surface area contributed by atoms with E-state index in [0.717, 1.165) is 30.8 Å². The number of carbonyl (C=O) groups excluding carboxylic acids is 2. The minimum Gasteiger partial charge on any atom is -0.550 e. The van der Waals surface area contributed by atoms with E-state index in [9.17, 15) is 14.7 Å². The Morgan fingerprint density at radius 1 is 1.08 bits per heavy atom. The van der Waals surface area contributed by atoms with E-state index in [-0.39, 0.29) is 17.7 Å². The lowest BCUT2D eigenvalue weighted by atomic mass is 9.82. The van der Waals surface area contributed by atoms with Gasteiger partial charge in [0.1, 0.15) is 0 Å². The molecule has 138 valence electrons. The van der Waals surface area contributed by atoms with Crippen LogP contribution < -0.4 is 10.0 Å². The Bertz CT molecular complexity index is 770. The SMILES string of the molecule is Cc1ccc(Cl)cc1N1CCN(C(=O)[C@H]2[C@@H](C(=O)[O-])[C@H]3C=C[C@@H]2C3)CC1. The molecule has 1 heterocycles. The van der Waals surface area contributed by atoms with Crippen molar-refractivity contribution in [3.8, 4) is 0 Å². The molecule has 2 bridgehead atoms.